The monoisotopic (exact) mass is 818 g/mol. The third-order valence-electron chi connectivity index (χ3n) is 13.1. The average molecular weight is 819 g/mol. The van der Waals surface area contributed by atoms with Crippen LogP contribution < -0.4 is 20.7 Å². The second kappa shape index (κ2) is 15.2. The fourth-order valence-electron chi connectivity index (χ4n) is 10.4. The molecule has 12 rings (SSSR count). The van der Waals surface area contributed by atoms with E-state index in [1.807, 2.05) is 0 Å². The Morgan fingerprint density at radius 1 is 0.286 bits per heavy atom. The van der Waals surface area contributed by atoms with Crippen molar-refractivity contribution in [2.75, 3.05) is 0 Å². The molecule has 2 heterocycles. The minimum atomic E-state index is -3.00. The second-order valence-electron chi connectivity index (χ2n) is 16.4. The minimum Gasteiger partial charge on any atom is -0.309 e. The second-order valence-corrected chi connectivity index (χ2v) is 20.2. The molecule has 296 valence electrons. The highest BCUT2D eigenvalue weighted by Crippen LogP contribution is 2.41. The quantitative estimate of drug-likeness (QED) is 0.107. The van der Waals surface area contributed by atoms with Gasteiger partial charge in [0.2, 0.25) is 0 Å². The predicted octanol–water partition coefficient (Wildman–Crippen LogP) is 12.6. The molecule has 0 aliphatic carbocycles. The Labute approximate surface area is 368 Å². The Morgan fingerprint density at radius 2 is 0.746 bits per heavy atom. The number of nitrogens with zero attached hydrogens (tertiary/aromatic N) is 2. The summed E-state index contributed by atoms with van der Waals surface area (Å²) in [6.07, 6.45) is 0. The highest BCUT2D eigenvalue weighted by Gasteiger charge is 2.43. The first-order chi connectivity index (χ1) is 31.3. The van der Waals surface area contributed by atoms with Crippen LogP contribution >= 0.6 is 0 Å². The lowest BCUT2D eigenvalue weighted by atomic mass is 10.0. The molecule has 0 saturated heterocycles. The summed E-state index contributed by atoms with van der Waals surface area (Å²) in [4.78, 5) is 0. The van der Waals surface area contributed by atoms with E-state index in [1.54, 1.807) is 0 Å². The first kappa shape index (κ1) is 36.8. The average Bonchev–Trinajstić information content (AvgIpc) is 3.89. The summed E-state index contributed by atoms with van der Waals surface area (Å²) in [6, 6.07) is 94.4. The van der Waals surface area contributed by atoms with Gasteiger partial charge in [0.15, 0.2) is 8.07 Å². The molecular formula is C60H42N2Si. The van der Waals surface area contributed by atoms with Crippen LogP contribution in [-0.2, 0) is 0 Å². The van der Waals surface area contributed by atoms with Gasteiger partial charge in [-0.2, -0.15) is 0 Å². The summed E-state index contributed by atoms with van der Waals surface area (Å²) in [6.45, 7) is 0. The Morgan fingerprint density at radius 3 is 1.38 bits per heavy atom. The number of para-hydroxylation sites is 4. The number of aromatic nitrogens is 2. The largest absolute Gasteiger partial charge is 0.309 e. The van der Waals surface area contributed by atoms with E-state index in [2.05, 4.69) is 264 Å². The van der Waals surface area contributed by atoms with Crippen molar-refractivity contribution in [2.45, 2.75) is 0 Å². The van der Waals surface area contributed by atoms with E-state index < -0.39 is 8.07 Å². The van der Waals surface area contributed by atoms with Gasteiger partial charge in [-0.15, -0.1) is 0 Å². The molecule has 0 N–H and O–H groups in total. The van der Waals surface area contributed by atoms with Crippen molar-refractivity contribution in [3.8, 4) is 33.6 Å². The van der Waals surface area contributed by atoms with Crippen LogP contribution in [0, 0.1) is 0 Å². The van der Waals surface area contributed by atoms with Crippen LogP contribution in [0.5, 0.6) is 0 Å². The van der Waals surface area contributed by atoms with Gasteiger partial charge < -0.3 is 9.13 Å². The summed E-state index contributed by atoms with van der Waals surface area (Å²) in [5.74, 6) is 0. The molecule has 0 spiro atoms. The topological polar surface area (TPSA) is 9.86 Å². The molecule has 2 aromatic heterocycles. The first-order valence-electron chi connectivity index (χ1n) is 21.8. The van der Waals surface area contributed by atoms with E-state index in [0.29, 0.717) is 0 Å². The molecular weight excluding hydrogens is 777 g/mol. The minimum absolute atomic E-state index is 1.12. The van der Waals surface area contributed by atoms with Gasteiger partial charge in [-0.05, 0) is 56.1 Å². The maximum Gasteiger partial charge on any atom is 0.181 e. The fourth-order valence-corrected chi connectivity index (χ4v) is 15.4. The molecule has 0 atom stereocenters. The SMILES string of the molecule is c1ccc(-c2ccccc2-n2c3ccccc3c3ccc(-n4c5c(-c6ccccc6)cccc5c5cccc([Si](c6ccccc6)(c6ccccc6)c6ccccc6)c54)cc32)cc1. The zero-order valence-corrected chi connectivity index (χ0v) is 35.6. The Hall–Kier alpha value is -7.98. The highest BCUT2D eigenvalue weighted by atomic mass is 28.3. The van der Waals surface area contributed by atoms with Gasteiger partial charge in [-0.25, -0.2) is 0 Å². The third-order valence-corrected chi connectivity index (χ3v) is 17.9. The number of rotatable bonds is 8. The van der Waals surface area contributed by atoms with E-state index in [4.69, 9.17) is 0 Å². The molecule has 0 saturated carbocycles. The molecule has 0 fully saturated rings. The van der Waals surface area contributed by atoms with E-state index in [0.717, 1.165) is 11.4 Å². The Kier molecular flexibility index (Phi) is 8.87. The maximum atomic E-state index is 2.61. The summed E-state index contributed by atoms with van der Waals surface area (Å²) in [5, 5.41) is 10.3. The lowest BCUT2D eigenvalue weighted by Crippen LogP contribution is -2.75. The van der Waals surface area contributed by atoms with Crippen molar-refractivity contribution >= 4 is 72.4 Å². The van der Waals surface area contributed by atoms with Crippen LogP contribution in [-0.4, -0.2) is 17.2 Å². The molecule has 0 aliphatic rings. The normalized spacial score (nSPS) is 11.8. The maximum absolute atomic E-state index is 3.00. The van der Waals surface area contributed by atoms with Gasteiger partial charge in [-0.3, -0.25) is 0 Å². The van der Waals surface area contributed by atoms with Gasteiger partial charge >= 0.3 is 0 Å². The van der Waals surface area contributed by atoms with Crippen molar-refractivity contribution in [3.05, 3.63) is 255 Å². The molecule has 0 radical (unpaired) electrons. The van der Waals surface area contributed by atoms with Crippen molar-refractivity contribution in [3.63, 3.8) is 0 Å². The van der Waals surface area contributed by atoms with Gasteiger partial charge in [0.25, 0.3) is 0 Å². The van der Waals surface area contributed by atoms with E-state index >= 15 is 0 Å². The van der Waals surface area contributed by atoms with Crippen molar-refractivity contribution in [2.24, 2.45) is 0 Å². The molecule has 3 heteroatoms. The lowest BCUT2D eigenvalue weighted by molar-refractivity contribution is 1.16. The molecule has 10 aromatic carbocycles. The molecule has 12 aromatic rings. The van der Waals surface area contributed by atoms with Gasteiger partial charge in [0.1, 0.15) is 0 Å². The highest BCUT2D eigenvalue weighted by molar-refractivity contribution is 7.20. The Balaban J connectivity index is 1.26. The van der Waals surface area contributed by atoms with Crippen LogP contribution in [0.25, 0.3) is 77.2 Å². The summed E-state index contributed by atoms with van der Waals surface area (Å²) in [7, 11) is -3.00. The lowest BCUT2D eigenvalue weighted by Gasteiger charge is -2.35. The predicted molar refractivity (Wildman–Crippen MR) is 270 cm³/mol. The number of benzene rings is 10. The molecule has 2 nitrogen and oxygen atoms in total. The van der Waals surface area contributed by atoms with Gasteiger partial charge in [-0.1, -0.05) is 231 Å². The van der Waals surface area contributed by atoms with E-state index in [-0.39, 0.29) is 0 Å². The fraction of sp³-hybridized carbons (Fsp3) is 0. The summed E-state index contributed by atoms with van der Waals surface area (Å²) < 4.78 is 5.10. The Bertz CT molecular complexity index is 3500. The molecule has 0 bridgehead atoms. The van der Waals surface area contributed by atoms with Crippen LogP contribution in [0.3, 0.4) is 0 Å². The smallest absolute Gasteiger partial charge is 0.181 e. The van der Waals surface area contributed by atoms with Crippen LogP contribution in [0.2, 0.25) is 0 Å². The number of hydrogen-bond donors (Lipinski definition) is 0. The van der Waals surface area contributed by atoms with E-state index in [9.17, 15) is 0 Å². The third kappa shape index (κ3) is 5.78. The van der Waals surface area contributed by atoms with Crippen LogP contribution in [0.4, 0.5) is 0 Å². The molecule has 63 heavy (non-hydrogen) atoms. The van der Waals surface area contributed by atoms with Gasteiger partial charge in [0.05, 0.1) is 27.8 Å². The first-order valence-corrected chi connectivity index (χ1v) is 23.8. The number of fused-ring (bicyclic) bond motifs is 6. The van der Waals surface area contributed by atoms with Crippen molar-refractivity contribution < 1.29 is 0 Å². The van der Waals surface area contributed by atoms with Gasteiger partial charge in [0, 0.05) is 38.4 Å². The molecule has 0 amide bonds. The standard InChI is InChI=1S/C60H42N2Si/c1-6-22-43(23-7-1)49-32-16-18-37-55(49)62-56-38-19-17-33-51(56)52-41-40-45(42-57(52)62)61-59-50(44-24-8-2-9-25-44)34-20-35-53(59)54-36-21-39-58(60(54)61)63(46-26-10-3-11-27-46,47-28-12-4-13-29-47)48-30-14-5-15-31-48/h1-42H. The summed E-state index contributed by atoms with van der Waals surface area (Å²) >= 11 is 0. The molecule has 0 unspecified atom stereocenters. The van der Waals surface area contributed by atoms with Crippen molar-refractivity contribution in [1.82, 2.24) is 9.13 Å². The zero-order valence-electron chi connectivity index (χ0n) is 34.6. The van der Waals surface area contributed by atoms with Crippen LogP contribution in [0.15, 0.2) is 255 Å². The molecule has 0 aliphatic heterocycles. The number of hydrogen-bond acceptors (Lipinski definition) is 0. The van der Waals surface area contributed by atoms with Crippen LogP contribution in [0.1, 0.15) is 0 Å². The van der Waals surface area contributed by atoms with Crippen molar-refractivity contribution in [1.29, 1.82) is 0 Å². The summed E-state index contributed by atoms with van der Waals surface area (Å²) in [5.41, 5.74) is 11.9. The zero-order chi connectivity index (χ0) is 41.7. The van der Waals surface area contributed by atoms with E-state index in [1.165, 1.54) is 86.6 Å².